The first kappa shape index (κ1) is 16.7. The Morgan fingerprint density at radius 2 is 2.11 bits per heavy atom. The number of rotatable bonds is 7. The fourth-order valence-corrected chi connectivity index (χ4v) is 2.45. The minimum absolute atomic E-state index is 0.152. The van der Waals surface area contributed by atoms with Gasteiger partial charge in [0.05, 0.1) is 6.61 Å². The molecule has 1 rings (SSSR count). The van der Waals surface area contributed by atoms with Gasteiger partial charge >= 0.3 is 6.18 Å². The van der Waals surface area contributed by atoms with Crippen molar-refractivity contribution in [2.45, 2.75) is 38.9 Å². The number of nitrogens with one attached hydrogen (secondary N) is 1. The van der Waals surface area contributed by atoms with Gasteiger partial charge in [-0.05, 0) is 31.8 Å². The summed E-state index contributed by atoms with van der Waals surface area (Å²) in [7, 11) is 0. The number of piperidine rings is 1. The van der Waals surface area contributed by atoms with Crippen LogP contribution >= 0.6 is 0 Å². The number of ether oxygens (including phenoxy) is 1. The summed E-state index contributed by atoms with van der Waals surface area (Å²) in [6, 6.07) is 0.535. The number of hydrogen-bond donors (Lipinski definition) is 1. The van der Waals surface area contributed by atoms with Gasteiger partial charge in [0.25, 0.3) is 0 Å². The monoisotopic (exact) mass is 282 g/mol. The van der Waals surface area contributed by atoms with Crippen LogP contribution in [-0.4, -0.2) is 56.5 Å². The highest BCUT2D eigenvalue weighted by molar-refractivity contribution is 4.82. The molecular weight excluding hydrogens is 257 g/mol. The van der Waals surface area contributed by atoms with Crippen LogP contribution in [-0.2, 0) is 4.74 Å². The Kier molecular flexibility index (Phi) is 7.10. The molecule has 6 heteroatoms. The van der Waals surface area contributed by atoms with Gasteiger partial charge in [-0.2, -0.15) is 13.2 Å². The summed E-state index contributed by atoms with van der Waals surface area (Å²) in [6.45, 7) is 6.82. The van der Waals surface area contributed by atoms with Gasteiger partial charge in [0.2, 0.25) is 0 Å². The fraction of sp³-hybridized carbons (Fsp3) is 1.00. The zero-order chi connectivity index (χ0) is 14.3. The Hall–Kier alpha value is -0.330. The molecule has 0 radical (unpaired) electrons. The largest absolute Gasteiger partial charge is 0.411 e. The molecule has 3 nitrogen and oxygen atoms in total. The van der Waals surface area contributed by atoms with Gasteiger partial charge in [-0.15, -0.1) is 0 Å². The van der Waals surface area contributed by atoms with Crippen molar-refractivity contribution in [2.75, 3.05) is 39.4 Å². The second-order valence-corrected chi connectivity index (χ2v) is 5.29. The van der Waals surface area contributed by atoms with Crippen LogP contribution in [0.5, 0.6) is 0 Å². The average Bonchev–Trinajstić information content (AvgIpc) is 2.32. The van der Waals surface area contributed by atoms with E-state index in [4.69, 9.17) is 0 Å². The molecule has 0 aromatic carbocycles. The molecule has 2 unspecified atom stereocenters. The molecule has 1 saturated heterocycles. The van der Waals surface area contributed by atoms with E-state index in [0.29, 0.717) is 18.5 Å². The third-order valence-electron chi connectivity index (χ3n) is 3.46. The molecule has 0 bridgehead atoms. The molecule has 2 atom stereocenters. The fourth-order valence-electron chi connectivity index (χ4n) is 2.45. The molecule has 0 spiro atoms. The van der Waals surface area contributed by atoms with Crippen LogP contribution < -0.4 is 5.32 Å². The van der Waals surface area contributed by atoms with E-state index in [1.807, 2.05) is 0 Å². The van der Waals surface area contributed by atoms with Crippen LogP contribution in [0.3, 0.4) is 0 Å². The first-order chi connectivity index (χ1) is 8.92. The van der Waals surface area contributed by atoms with Crippen molar-refractivity contribution in [3.63, 3.8) is 0 Å². The van der Waals surface area contributed by atoms with Crippen molar-refractivity contribution < 1.29 is 17.9 Å². The number of likely N-dealkylation sites (tertiary alicyclic amines) is 1. The van der Waals surface area contributed by atoms with Crippen LogP contribution in [0.1, 0.15) is 26.7 Å². The molecule has 1 aliphatic rings. The molecule has 0 aromatic heterocycles. The Morgan fingerprint density at radius 1 is 1.37 bits per heavy atom. The molecule has 114 valence electrons. The zero-order valence-electron chi connectivity index (χ0n) is 11.8. The summed E-state index contributed by atoms with van der Waals surface area (Å²) in [5, 5.41) is 3.52. The maximum atomic E-state index is 11.9. The van der Waals surface area contributed by atoms with Crippen molar-refractivity contribution in [2.24, 2.45) is 5.92 Å². The average molecular weight is 282 g/mol. The van der Waals surface area contributed by atoms with E-state index >= 15 is 0 Å². The Balaban J connectivity index is 2.14. The molecule has 19 heavy (non-hydrogen) atoms. The van der Waals surface area contributed by atoms with E-state index in [9.17, 15) is 13.2 Å². The zero-order valence-corrected chi connectivity index (χ0v) is 11.8. The Labute approximate surface area is 113 Å². The number of halogens is 3. The molecular formula is C13H25F3N2O. The summed E-state index contributed by atoms with van der Waals surface area (Å²) in [4.78, 5) is 2.19. The van der Waals surface area contributed by atoms with Crippen LogP contribution in [0, 0.1) is 5.92 Å². The highest BCUT2D eigenvalue weighted by atomic mass is 19.4. The summed E-state index contributed by atoms with van der Waals surface area (Å²) in [6.07, 6.45) is -2.04. The van der Waals surface area contributed by atoms with Gasteiger partial charge in [-0.1, -0.05) is 13.8 Å². The van der Waals surface area contributed by atoms with Gasteiger partial charge < -0.3 is 15.0 Å². The number of hydrogen-bond acceptors (Lipinski definition) is 3. The van der Waals surface area contributed by atoms with E-state index < -0.39 is 12.8 Å². The minimum atomic E-state index is -4.22. The maximum absolute atomic E-state index is 11.9. The maximum Gasteiger partial charge on any atom is 0.411 e. The topological polar surface area (TPSA) is 24.5 Å². The van der Waals surface area contributed by atoms with E-state index in [-0.39, 0.29) is 6.61 Å². The normalized spacial score (nSPS) is 25.7. The second kappa shape index (κ2) is 8.07. The first-order valence-electron chi connectivity index (χ1n) is 7.02. The molecule has 0 saturated carbocycles. The van der Waals surface area contributed by atoms with Crippen molar-refractivity contribution in [3.05, 3.63) is 0 Å². The highest BCUT2D eigenvalue weighted by Gasteiger charge is 2.28. The number of alkyl halides is 3. The van der Waals surface area contributed by atoms with E-state index in [1.54, 1.807) is 0 Å². The van der Waals surface area contributed by atoms with Gasteiger partial charge in [-0.25, -0.2) is 0 Å². The van der Waals surface area contributed by atoms with E-state index in [2.05, 4.69) is 28.8 Å². The lowest BCUT2D eigenvalue weighted by molar-refractivity contribution is -0.174. The van der Waals surface area contributed by atoms with Crippen LogP contribution in [0.25, 0.3) is 0 Å². The lowest BCUT2D eigenvalue weighted by atomic mass is 9.94. The standard InChI is InChI=1S/C13H25F3N2O/c1-3-5-17-12-4-6-18(9-11(12)2)7-8-19-10-13(14,15)16/h11-12,17H,3-10H2,1-2H3. The van der Waals surface area contributed by atoms with E-state index in [0.717, 1.165) is 32.5 Å². The van der Waals surface area contributed by atoms with Crippen LogP contribution in [0.4, 0.5) is 13.2 Å². The van der Waals surface area contributed by atoms with Crippen LogP contribution in [0.15, 0.2) is 0 Å². The quantitative estimate of drug-likeness (QED) is 0.725. The van der Waals surface area contributed by atoms with Crippen molar-refractivity contribution in [3.8, 4) is 0 Å². The summed E-state index contributed by atoms with van der Waals surface area (Å²) in [5.41, 5.74) is 0. The lowest BCUT2D eigenvalue weighted by Crippen LogP contribution is -2.49. The molecule has 1 N–H and O–H groups in total. The molecule has 0 amide bonds. The molecule has 1 heterocycles. The first-order valence-corrected chi connectivity index (χ1v) is 7.02. The molecule has 0 aromatic rings. The summed E-state index contributed by atoms with van der Waals surface area (Å²) in [5.74, 6) is 0.530. The van der Waals surface area contributed by atoms with Crippen molar-refractivity contribution in [1.82, 2.24) is 10.2 Å². The number of nitrogens with zero attached hydrogens (tertiary/aromatic N) is 1. The van der Waals surface area contributed by atoms with E-state index in [1.165, 1.54) is 0 Å². The summed E-state index contributed by atoms with van der Waals surface area (Å²) < 4.78 is 40.4. The van der Waals surface area contributed by atoms with Gasteiger partial charge in [-0.3, -0.25) is 0 Å². The lowest BCUT2D eigenvalue weighted by Gasteiger charge is -2.37. The molecule has 1 fully saturated rings. The third-order valence-corrected chi connectivity index (χ3v) is 3.46. The molecule has 1 aliphatic heterocycles. The minimum Gasteiger partial charge on any atom is -0.371 e. The Bertz CT molecular complexity index is 249. The third kappa shape index (κ3) is 7.13. The van der Waals surface area contributed by atoms with Gasteiger partial charge in [0, 0.05) is 19.1 Å². The van der Waals surface area contributed by atoms with Crippen LogP contribution in [0.2, 0.25) is 0 Å². The predicted molar refractivity (Wildman–Crippen MR) is 69.2 cm³/mol. The van der Waals surface area contributed by atoms with Gasteiger partial charge in [0.15, 0.2) is 0 Å². The van der Waals surface area contributed by atoms with Crippen molar-refractivity contribution in [1.29, 1.82) is 0 Å². The summed E-state index contributed by atoms with van der Waals surface area (Å²) >= 11 is 0. The van der Waals surface area contributed by atoms with Crippen molar-refractivity contribution >= 4 is 0 Å². The highest BCUT2D eigenvalue weighted by Crippen LogP contribution is 2.17. The molecule has 0 aliphatic carbocycles. The van der Waals surface area contributed by atoms with Gasteiger partial charge in [0.1, 0.15) is 6.61 Å². The predicted octanol–water partition coefficient (Wildman–Crippen LogP) is 2.28. The second-order valence-electron chi connectivity index (χ2n) is 5.29. The Morgan fingerprint density at radius 3 is 2.68 bits per heavy atom. The smallest absolute Gasteiger partial charge is 0.371 e. The SMILES string of the molecule is CCCNC1CCN(CCOCC(F)(F)F)CC1C.